The largest absolute Gasteiger partial charge is 0.330 e. The number of hydrogen-bond donors (Lipinski definition) is 1. The Morgan fingerprint density at radius 2 is 1.90 bits per heavy atom. The standard InChI is InChI=1S/C17H17N3O/c1-13-6-8-14(9-7-13)19-17(21)10-11-20-12-18-15-4-2-3-5-16(15)20/h2-9,12H,10-11H2,1H3,(H,19,21). The first kappa shape index (κ1) is 13.4. The normalized spacial score (nSPS) is 10.7. The van der Waals surface area contributed by atoms with Crippen molar-refractivity contribution < 1.29 is 4.79 Å². The van der Waals surface area contributed by atoms with Crippen LogP contribution < -0.4 is 5.32 Å². The Morgan fingerprint density at radius 3 is 2.71 bits per heavy atom. The first-order valence-electron chi connectivity index (χ1n) is 6.99. The highest BCUT2D eigenvalue weighted by Crippen LogP contribution is 2.13. The van der Waals surface area contributed by atoms with Crippen LogP contribution >= 0.6 is 0 Å². The van der Waals surface area contributed by atoms with Crippen molar-refractivity contribution in [3.05, 3.63) is 60.4 Å². The molecule has 0 aliphatic rings. The van der Waals surface area contributed by atoms with Gasteiger partial charge in [0, 0.05) is 18.7 Å². The number of carbonyl (C=O) groups is 1. The summed E-state index contributed by atoms with van der Waals surface area (Å²) in [5.74, 6) is 0.0108. The van der Waals surface area contributed by atoms with Crippen molar-refractivity contribution in [3.63, 3.8) is 0 Å². The van der Waals surface area contributed by atoms with Crippen molar-refractivity contribution in [3.8, 4) is 0 Å². The summed E-state index contributed by atoms with van der Waals surface area (Å²) in [6, 6.07) is 15.7. The molecule has 3 rings (SSSR count). The monoisotopic (exact) mass is 279 g/mol. The van der Waals surface area contributed by atoms with E-state index >= 15 is 0 Å². The van der Waals surface area contributed by atoms with Gasteiger partial charge in [-0.05, 0) is 31.2 Å². The zero-order chi connectivity index (χ0) is 14.7. The van der Waals surface area contributed by atoms with Crippen molar-refractivity contribution in [2.75, 3.05) is 5.32 Å². The van der Waals surface area contributed by atoms with Crippen LogP contribution in [-0.2, 0) is 11.3 Å². The Hall–Kier alpha value is -2.62. The number of aromatic nitrogens is 2. The average Bonchev–Trinajstić information content (AvgIpc) is 2.91. The molecule has 0 aliphatic carbocycles. The van der Waals surface area contributed by atoms with Gasteiger partial charge < -0.3 is 9.88 Å². The molecule has 21 heavy (non-hydrogen) atoms. The summed E-state index contributed by atoms with van der Waals surface area (Å²) >= 11 is 0. The van der Waals surface area contributed by atoms with Crippen molar-refractivity contribution in [2.24, 2.45) is 0 Å². The number of fused-ring (bicyclic) bond motifs is 1. The number of aryl methyl sites for hydroxylation is 2. The summed E-state index contributed by atoms with van der Waals surface area (Å²) in [6.45, 7) is 2.65. The zero-order valence-corrected chi connectivity index (χ0v) is 11.9. The highest BCUT2D eigenvalue weighted by molar-refractivity contribution is 5.90. The zero-order valence-electron chi connectivity index (χ0n) is 11.9. The van der Waals surface area contributed by atoms with Crippen LogP contribution in [0.25, 0.3) is 11.0 Å². The molecule has 1 heterocycles. The van der Waals surface area contributed by atoms with Gasteiger partial charge in [-0.15, -0.1) is 0 Å². The molecule has 0 radical (unpaired) electrons. The van der Waals surface area contributed by atoms with E-state index in [-0.39, 0.29) is 5.91 Å². The van der Waals surface area contributed by atoms with E-state index in [0.717, 1.165) is 16.7 Å². The quantitative estimate of drug-likeness (QED) is 0.796. The molecule has 0 atom stereocenters. The summed E-state index contributed by atoms with van der Waals surface area (Å²) in [7, 11) is 0. The van der Waals surface area contributed by atoms with Crippen LogP contribution in [0, 0.1) is 6.92 Å². The Kier molecular flexibility index (Phi) is 3.69. The minimum absolute atomic E-state index is 0.0108. The third kappa shape index (κ3) is 3.11. The van der Waals surface area contributed by atoms with Gasteiger partial charge in [0.2, 0.25) is 5.91 Å². The molecule has 0 saturated carbocycles. The van der Waals surface area contributed by atoms with Gasteiger partial charge in [-0.2, -0.15) is 0 Å². The second-order valence-electron chi connectivity index (χ2n) is 5.09. The number of benzene rings is 2. The third-order valence-corrected chi connectivity index (χ3v) is 3.44. The number of anilines is 1. The van der Waals surface area contributed by atoms with E-state index in [1.807, 2.05) is 60.0 Å². The van der Waals surface area contributed by atoms with E-state index in [1.54, 1.807) is 6.33 Å². The van der Waals surface area contributed by atoms with E-state index in [1.165, 1.54) is 5.56 Å². The lowest BCUT2D eigenvalue weighted by Gasteiger charge is -2.07. The molecule has 2 aromatic carbocycles. The lowest BCUT2D eigenvalue weighted by Crippen LogP contribution is -2.14. The molecule has 0 saturated heterocycles. The maximum Gasteiger partial charge on any atom is 0.226 e. The van der Waals surface area contributed by atoms with Crippen LogP contribution in [-0.4, -0.2) is 15.5 Å². The molecule has 4 heteroatoms. The van der Waals surface area contributed by atoms with E-state index in [0.29, 0.717) is 13.0 Å². The van der Waals surface area contributed by atoms with Crippen LogP contribution in [0.2, 0.25) is 0 Å². The number of amides is 1. The Morgan fingerprint density at radius 1 is 1.14 bits per heavy atom. The van der Waals surface area contributed by atoms with Crippen LogP contribution in [0.4, 0.5) is 5.69 Å². The van der Waals surface area contributed by atoms with Gasteiger partial charge in [-0.3, -0.25) is 4.79 Å². The van der Waals surface area contributed by atoms with Gasteiger partial charge >= 0.3 is 0 Å². The molecule has 0 unspecified atom stereocenters. The molecule has 0 spiro atoms. The smallest absolute Gasteiger partial charge is 0.226 e. The van der Waals surface area contributed by atoms with Crippen LogP contribution in [0.15, 0.2) is 54.9 Å². The first-order chi connectivity index (χ1) is 10.2. The summed E-state index contributed by atoms with van der Waals surface area (Å²) in [4.78, 5) is 16.3. The minimum Gasteiger partial charge on any atom is -0.330 e. The number of para-hydroxylation sites is 2. The third-order valence-electron chi connectivity index (χ3n) is 3.44. The molecule has 1 amide bonds. The Labute approximate surface area is 123 Å². The highest BCUT2D eigenvalue weighted by atomic mass is 16.1. The van der Waals surface area contributed by atoms with Crippen molar-refractivity contribution >= 4 is 22.6 Å². The van der Waals surface area contributed by atoms with E-state index in [9.17, 15) is 4.79 Å². The maximum atomic E-state index is 12.0. The summed E-state index contributed by atoms with van der Waals surface area (Å²) in [6.07, 6.45) is 2.21. The molecule has 3 aromatic rings. The molecule has 1 N–H and O–H groups in total. The van der Waals surface area contributed by atoms with Crippen molar-refractivity contribution in [1.82, 2.24) is 9.55 Å². The summed E-state index contributed by atoms with van der Waals surface area (Å²) < 4.78 is 2.00. The van der Waals surface area contributed by atoms with Crippen LogP contribution in [0.3, 0.4) is 0 Å². The van der Waals surface area contributed by atoms with Crippen molar-refractivity contribution in [1.29, 1.82) is 0 Å². The topological polar surface area (TPSA) is 46.9 Å². The number of nitrogens with one attached hydrogen (secondary N) is 1. The SMILES string of the molecule is Cc1ccc(NC(=O)CCn2cnc3ccccc32)cc1. The lowest BCUT2D eigenvalue weighted by atomic mass is 10.2. The lowest BCUT2D eigenvalue weighted by molar-refractivity contribution is -0.116. The molecular formula is C17H17N3O. The number of imidazole rings is 1. The predicted octanol–water partition coefficient (Wildman–Crippen LogP) is 3.37. The van der Waals surface area contributed by atoms with Crippen LogP contribution in [0.1, 0.15) is 12.0 Å². The van der Waals surface area contributed by atoms with E-state index < -0.39 is 0 Å². The molecular weight excluding hydrogens is 262 g/mol. The van der Waals surface area contributed by atoms with Gasteiger partial charge in [0.1, 0.15) is 0 Å². The molecule has 0 bridgehead atoms. The summed E-state index contributed by atoms with van der Waals surface area (Å²) in [5, 5.41) is 2.91. The molecule has 4 nitrogen and oxygen atoms in total. The number of carbonyl (C=O) groups excluding carboxylic acids is 1. The Bertz CT molecular complexity index is 759. The van der Waals surface area contributed by atoms with Crippen molar-refractivity contribution in [2.45, 2.75) is 19.9 Å². The Balaban J connectivity index is 1.62. The molecule has 106 valence electrons. The average molecular weight is 279 g/mol. The first-order valence-corrected chi connectivity index (χ1v) is 6.99. The fraction of sp³-hybridized carbons (Fsp3) is 0.176. The fourth-order valence-electron chi connectivity index (χ4n) is 2.27. The maximum absolute atomic E-state index is 12.0. The number of nitrogens with zero attached hydrogens (tertiary/aromatic N) is 2. The molecule has 0 aliphatic heterocycles. The minimum atomic E-state index is 0.0108. The van der Waals surface area contributed by atoms with Gasteiger partial charge in [-0.1, -0.05) is 29.8 Å². The van der Waals surface area contributed by atoms with E-state index in [4.69, 9.17) is 0 Å². The summed E-state index contributed by atoms with van der Waals surface area (Å²) in [5.41, 5.74) is 4.02. The van der Waals surface area contributed by atoms with Gasteiger partial charge in [-0.25, -0.2) is 4.98 Å². The number of rotatable bonds is 4. The fourth-order valence-corrected chi connectivity index (χ4v) is 2.27. The molecule has 1 aromatic heterocycles. The van der Waals surface area contributed by atoms with E-state index in [2.05, 4.69) is 10.3 Å². The molecule has 0 fully saturated rings. The number of hydrogen-bond acceptors (Lipinski definition) is 2. The highest BCUT2D eigenvalue weighted by Gasteiger charge is 2.05. The van der Waals surface area contributed by atoms with Gasteiger partial charge in [0.15, 0.2) is 0 Å². The second kappa shape index (κ2) is 5.79. The van der Waals surface area contributed by atoms with Crippen LogP contribution in [0.5, 0.6) is 0 Å². The predicted molar refractivity (Wildman–Crippen MR) is 84.2 cm³/mol. The van der Waals surface area contributed by atoms with Gasteiger partial charge in [0.25, 0.3) is 0 Å². The van der Waals surface area contributed by atoms with Gasteiger partial charge in [0.05, 0.1) is 17.4 Å². The second-order valence-corrected chi connectivity index (χ2v) is 5.09.